The summed E-state index contributed by atoms with van der Waals surface area (Å²) in [6, 6.07) is 7.09. The third-order valence-electron chi connectivity index (χ3n) is 2.75. The van der Waals surface area contributed by atoms with E-state index in [-0.39, 0.29) is 11.2 Å². The largest absolute Gasteiger partial charge is 0.252 e. The van der Waals surface area contributed by atoms with Gasteiger partial charge >= 0.3 is 0 Å². The molecule has 2 rings (SSSR count). The number of pyridine rings is 1. The van der Waals surface area contributed by atoms with Gasteiger partial charge in [0.2, 0.25) is 0 Å². The number of halogens is 1. The van der Waals surface area contributed by atoms with Crippen LogP contribution in [-0.4, -0.2) is 4.98 Å². The summed E-state index contributed by atoms with van der Waals surface area (Å²) in [4.78, 5) is 4.53. The van der Waals surface area contributed by atoms with Crippen LogP contribution in [0.5, 0.6) is 0 Å². The van der Waals surface area contributed by atoms with E-state index in [0.29, 0.717) is 0 Å². The summed E-state index contributed by atoms with van der Waals surface area (Å²) >= 11 is 0. The predicted molar refractivity (Wildman–Crippen MR) is 65.1 cm³/mol. The Kier molecular flexibility index (Phi) is 2.45. The first-order valence-electron chi connectivity index (χ1n) is 5.45. The Bertz CT molecular complexity index is 538. The van der Waals surface area contributed by atoms with Crippen molar-refractivity contribution in [3.63, 3.8) is 0 Å². The minimum Gasteiger partial charge on any atom is -0.252 e. The van der Waals surface area contributed by atoms with Gasteiger partial charge in [0, 0.05) is 22.6 Å². The molecule has 16 heavy (non-hydrogen) atoms. The van der Waals surface area contributed by atoms with Crippen LogP contribution in [0.25, 0.3) is 10.9 Å². The first-order chi connectivity index (χ1) is 7.38. The highest BCUT2D eigenvalue weighted by Gasteiger charge is 2.15. The highest BCUT2D eigenvalue weighted by atomic mass is 19.1. The zero-order valence-corrected chi connectivity index (χ0v) is 10.1. The van der Waals surface area contributed by atoms with E-state index in [1.165, 1.54) is 6.07 Å². The minimum absolute atomic E-state index is 0.00554. The highest BCUT2D eigenvalue weighted by Crippen LogP contribution is 2.25. The van der Waals surface area contributed by atoms with E-state index in [9.17, 15) is 4.39 Å². The fourth-order valence-corrected chi connectivity index (χ4v) is 1.79. The van der Waals surface area contributed by atoms with Crippen molar-refractivity contribution in [2.45, 2.75) is 33.1 Å². The third-order valence-corrected chi connectivity index (χ3v) is 2.75. The van der Waals surface area contributed by atoms with Crippen LogP contribution in [0.4, 0.5) is 4.39 Å². The Morgan fingerprint density at radius 1 is 1.12 bits per heavy atom. The fourth-order valence-electron chi connectivity index (χ4n) is 1.79. The van der Waals surface area contributed by atoms with E-state index in [0.717, 1.165) is 22.2 Å². The molecule has 0 unspecified atom stereocenters. The molecule has 1 aromatic carbocycles. The zero-order valence-electron chi connectivity index (χ0n) is 10.1. The van der Waals surface area contributed by atoms with Gasteiger partial charge in [0.05, 0.1) is 5.52 Å². The van der Waals surface area contributed by atoms with E-state index < -0.39 is 0 Å². The molecule has 0 radical (unpaired) electrons. The average molecular weight is 217 g/mol. The topological polar surface area (TPSA) is 12.9 Å². The van der Waals surface area contributed by atoms with Crippen LogP contribution in [0.3, 0.4) is 0 Å². The lowest BCUT2D eigenvalue weighted by Gasteiger charge is -2.18. The first-order valence-corrected chi connectivity index (χ1v) is 5.45. The van der Waals surface area contributed by atoms with Gasteiger partial charge in [-0.1, -0.05) is 26.8 Å². The number of hydrogen-bond donors (Lipinski definition) is 0. The molecule has 0 saturated carbocycles. The number of nitrogens with zero attached hydrogens (tertiary/aromatic N) is 1. The van der Waals surface area contributed by atoms with Gasteiger partial charge in [-0.3, -0.25) is 4.98 Å². The Hall–Kier alpha value is -1.44. The second kappa shape index (κ2) is 3.55. The van der Waals surface area contributed by atoms with Crippen molar-refractivity contribution in [3.05, 3.63) is 41.3 Å². The van der Waals surface area contributed by atoms with Gasteiger partial charge in [-0.15, -0.1) is 0 Å². The van der Waals surface area contributed by atoms with E-state index in [2.05, 4.69) is 25.8 Å². The summed E-state index contributed by atoms with van der Waals surface area (Å²) in [5.74, 6) is -0.219. The Morgan fingerprint density at radius 3 is 2.44 bits per heavy atom. The third kappa shape index (κ3) is 1.92. The van der Waals surface area contributed by atoms with Crippen LogP contribution in [0.1, 0.15) is 32.0 Å². The number of rotatable bonds is 0. The standard InChI is InChI=1S/C14H16FN/c1-9-7-10(15)8-12-11(9)5-6-13(16-12)14(2,3)4/h5-8H,1-4H3. The van der Waals surface area contributed by atoms with Crippen LogP contribution >= 0.6 is 0 Å². The van der Waals surface area contributed by atoms with Crippen LogP contribution in [0.15, 0.2) is 24.3 Å². The minimum atomic E-state index is -0.219. The van der Waals surface area contributed by atoms with E-state index in [1.807, 2.05) is 19.1 Å². The van der Waals surface area contributed by atoms with Gasteiger partial charge in [-0.25, -0.2) is 4.39 Å². The van der Waals surface area contributed by atoms with E-state index in [4.69, 9.17) is 0 Å². The lowest BCUT2D eigenvalue weighted by atomic mass is 9.91. The second-order valence-corrected chi connectivity index (χ2v) is 5.24. The summed E-state index contributed by atoms with van der Waals surface area (Å²) in [6.45, 7) is 8.22. The summed E-state index contributed by atoms with van der Waals surface area (Å²) in [5.41, 5.74) is 2.66. The fraction of sp³-hybridized carbons (Fsp3) is 0.357. The molecule has 0 aliphatic carbocycles. The van der Waals surface area contributed by atoms with Crippen molar-refractivity contribution in [1.82, 2.24) is 4.98 Å². The normalized spacial score (nSPS) is 12.1. The molecule has 0 amide bonds. The van der Waals surface area contributed by atoms with Gasteiger partial charge < -0.3 is 0 Å². The second-order valence-electron chi connectivity index (χ2n) is 5.24. The lowest BCUT2D eigenvalue weighted by Crippen LogP contribution is -2.13. The number of fused-ring (bicyclic) bond motifs is 1. The first kappa shape index (κ1) is 11.1. The van der Waals surface area contributed by atoms with Gasteiger partial charge in [0.15, 0.2) is 0 Å². The SMILES string of the molecule is Cc1cc(F)cc2nc(C(C)(C)C)ccc12. The predicted octanol–water partition coefficient (Wildman–Crippen LogP) is 3.98. The summed E-state index contributed by atoms with van der Waals surface area (Å²) in [5, 5.41) is 1.02. The van der Waals surface area contributed by atoms with Crippen molar-refractivity contribution in [1.29, 1.82) is 0 Å². The van der Waals surface area contributed by atoms with Crippen LogP contribution in [0, 0.1) is 12.7 Å². The van der Waals surface area contributed by atoms with Crippen molar-refractivity contribution in [2.24, 2.45) is 0 Å². The average Bonchev–Trinajstić information content (AvgIpc) is 2.15. The molecular weight excluding hydrogens is 201 g/mol. The molecule has 84 valence electrons. The molecule has 0 aliphatic heterocycles. The molecule has 2 heteroatoms. The summed E-state index contributed by atoms with van der Waals surface area (Å²) in [7, 11) is 0. The smallest absolute Gasteiger partial charge is 0.125 e. The van der Waals surface area contributed by atoms with Crippen LogP contribution in [0.2, 0.25) is 0 Å². The van der Waals surface area contributed by atoms with Crippen LogP contribution in [-0.2, 0) is 5.41 Å². The molecule has 2 aromatic rings. The molecule has 0 bridgehead atoms. The number of hydrogen-bond acceptors (Lipinski definition) is 1. The van der Waals surface area contributed by atoms with Crippen LogP contribution < -0.4 is 0 Å². The zero-order chi connectivity index (χ0) is 11.9. The highest BCUT2D eigenvalue weighted by molar-refractivity contribution is 5.82. The molecule has 0 atom stereocenters. The van der Waals surface area contributed by atoms with Gasteiger partial charge in [-0.05, 0) is 24.6 Å². The number of aryl methyl sites for hydroxylation is 1. The molecular formula is C14H16FN. The number of aromatic nitrogens is 1. The molecule has 1 nitrogen and oxygen atoms in total. The molecule has 1 aromatic heterocycles. The monoisotopic (exact) mass is 217 g/mol. The van der Waals surface area contributed by atoms with Crippen molar-refractivity contribution < 1.29 is 4.39 Å². The van der Waals surface area contributed by atoms with Crippen molar-refractivity contribution >= 4 is 10.9 Å². The van der Waals surface area contributed by atoms with Gasteiger partial charge in [-0.2, -0.15) is 0 Å². The Morgan fingerprint density at radius 2 is 1.81 bits per heavy atom. The Labute approximate surface area is 95.3 Å². The van der Waals surface area contributed by atoms with Gasteiger partial charge in [0.1, 0.15) is 5.82 Å². The van der Waals surface area contributed by atoms with Crippen molar-refractivity contribution in [3.8, 4) is 0 Å². The summed E-state index contributed by atoms with van der Waals surface area (Å²) < 4.78 is 13.3. The molecule has 0 N–H and O–H groups in total. The molecule has 0 saturated heterocycles. The van der Waals surface area contributed by atoms with E-state index >= 15 is 0 Å². The van der Waals surface area contributed by atoms with Crippen molar-refractivity contribution in [2.75, 3.05) is 0 Å². The maximum absolute atomic E-state index is 13.3. The molecule has 0 aliphatic rings. The summed E-state index contributed by atoms with van der Waals surface area (Å²) in [6.07, 6.45) is 0. The molecule has 1 heterocycles. The quantitative estimate of drug-likeness (QED) is 0.650. The maximum atomic E-state index is 13.3. The number of benzene rings is 1. The van der Waals surface area contributed by atoms with E-state index in [1.54, 1.807) is 6.07 Å². The van der Waals surface area contributed by atoms with Gasteiger partial charge in [0.25, 0.3) is 0 Å². The lowest BCUT2D eigenvalue weighted by molar-refractivity contribution is 0.571. The molecule has 0 spiro atoms. The molecule has 0 fully saturated rings. The maximum Gasteiger partial charge on any atom is 0.125 e. The Balaban J connectivity index is 2.71.